The van der Waals surface area contributed by atoms with Gasteiger partial charge >= 0.3 is 0 Å². The minimum Gasteiger partial charge on any atom is -0.325 e. The van der Waals surface area contributed by atoms with E-state index < -0.39 is 0 Å². The summed E-state index contributed by atoms with van der Waals surface area (Å²) in [7, 11) is 0. The molecule has 1 amide bonds. The second kappa shape index (κ2) is 8.45. The Morgan fingerprint density at radius 1 is 1.10 bits per heavy atom. The van der Waals surface area contributed by atoms with Crippen LogP contribution in [0.4, 0.5) is 5.69 Å². The van der Waals surface area contributed by atoms with E-state index in [1.165, 1.54) is 18.1 Å². The molecule has 0 saturated heterocycles. The fourth-order valence-electron chi connectivity index (χ4n) is 3.21. The molecule has 0 unspecified atom stereocenters. The summed E-state index contributed by atoms with van der Waals surface area (Å²) in [4.78, 5) is 21.3. The molecule has 0 bridgehead atoms. The molecule has 0 radical (unpaired) electrons. The summed E-state index contributed by atoms with van der Waals surface area (Å²) in [6, 6.07) is 15.9. The largest absolute Gasteiger partial charge is 0.325 e. The molecule has 4 aromatic rings. The van der Waals surface area contributed by atoms with Crippen LogP contribution < -0.4 is 5.32 Å². The number of aromatic nitrogens is 4. The van der Waals surface area contributed by atoms with Crippen molar-refractivity contribution in [1.29, 1.82) is 0 Å². The third-order valence-electron chi connectivity index (χ3n) is 4.67. The van der Waals surface area contributed by atoms with Gasteiger partial charge in [-0.1, -0.05) is 55.1 Å². The first-order chi connectivity index (χ1) is 14.2. The number of fused-ring (bicyclic) bond motifs is 1. The van der Waals surface area contributed by atoms with E-state index >= 15 is 0 Å². The maximum Gasteiger partial charge on any atom is 0.234 e. The van der Waals surface area contributed by atoms with Gasteiger partial charge in [-0.05, 0) is 36.6 Å². The Morgan fingerprint density at radius 2 is 1.93 bits per heavy atom. The number of carbonyl (C=O) groups is 1. The van der Waals surface area contributed by atoms with Crippen LogP contribution in [-0.4, -0.2) is 31.4 Å². The number of benzene rings is 2. The minimum absolute atomic E-state index is 0.0544. The molecule has 0 aliphatic heterocycles. The minimum atomic E-state index is -0.0544. The van der Waals surface area contributed by atoms with Crippen molar-refractivity contribution >= 4 is 34.4 Å². The molecular weight excluding hydrogens is 382 g/mol. The zero-order chi connectivity index (χ0) is 20.2. The average Bonchev–Trinajstić information content (AvgIpc) is 3.19. The van der Waals surface area contributed by atoms with E-state index in [1.54, 1.807) is 10.9 Å². The molecular formula is C22H21N5OS. The van der Waals surface area contributed by atoms with Crippen LogP contribution in [0.3, 0.4) is 0 Å². The molecule has 2 aromatic carbocycles. The molecule has 146 valence electrons. The summed E-state index contributed by atoms with van der Waals surface area (Å²) < 4.78 is 1.78. The van der Waals surface area contributed by atoms with E-state index in [4.69, 9.17) is 0 Å². The second-order valence-corrected chi connectivity index (χ2v) is 7.57. The third-order valence-corrected chi connectivity index (χ3v) is 5.68. The van der Waals surface area contributed by atoms with Crippen molar-refractivity contribution in [2.75, 3.05) is 11.1 Å². The van der Waals surface area contributed by atoms with Crippen LogP contribution >= 0.6 is 11.8 Å². The predicted molar refractivity (Wildman–Crippen MR) is 117 cm³/mol. The van der Waals surface area contributed by atoms with Crippen molar-refractivity contribution in [3.63, 3.8) is 0 Å². The molecule has 1 N–H and O–H groups in total. The number of hydrogen-bond donors (Lipinski definition) is 1. The van der Waals surface area contributed by atoms with Gasteiger partial charge in [0.2, 0.25) is 5.91 Å². The summed E-state index contributed by atoms with van der Waals surface area (Å²) in [5.74, 6) is 0.210. The van der Waals surface area contributed by atoms with Gasteiger partial charge in [-0.25, -0.2) is 14.6 Å². The normalized spacial score (nSPS) is 11.0. The Kier molecular flexibility index (Phi) is 5.57. The number of aryl methyl sites for hydroxylation is 2. The number of amides is 1. The van der Waals surface area contributed by atoms with Crippen molar-refractivity contribution in [1.82, 2.24) is 19.7 Å². The van der Waals surface area contributed by atoms with Crippen LogP contribution in [-0.2, 0) is 11.2 Å². The van der Waals surface area contributed by atoms with Crippen molar-refractivity contribution < 1.29 is 4.79 Å². The van der Waals surface area contributed by atoms with E-state index in [-0.39, 0.29) is 11.7 Å². The van der Waals surface area contributed by atoms with Gasteiger partial charge in [0.15, 0.2) is 5.65 Å². The van der Waals surface area contributed by atoms with E-state index in [1.807, 2.05) is 55.5 Å². The second-order valence-electron chi connectivity index (χ2n) is 6.61. The van der Waals surface area contributed by atoms with Crippen LogP contribution in [0.1, 0.15) is 18.1 Å². The zero-order valence-electron chi connectivity index (χ0n) is 16.3. The van der Waals surface area contributed by atoms with E-state index in [0.717, 1.165) is 45.0 Å². The van der Waals surface area contributed by atoms with E-state index in [2.05, 4.69) is 27.3 Å². The van der Waals surface area contributed by atoms with Crippen LogP contribution in [0, 0.1) is 6.92 Å². The van der Waals surface area contributed by atoms with Gasteiger partial charge in [-0.2, -0.15) is 5.10 Å². The highest BCUT2D eigenvalue weighted by Crippen LogP contribution is 2.26. The highest BCUT2D eigenvalue weighted by Gasteiger charge is 2.14. The van der Waals surface area contributed by atoms with E-state index in [9.17, 15) is 4.79 Å². The molecule has 2 heterocycles. The Balaban J connectivity index is 1.52. The summed E-state index contributed by atoms with van der Waals surface area (Å²) in [6.45, 7) is 4.09. The molecule has 4 rings (SSSR count). The molecule has 0 aliphatic carbocycles. The van der Waals surface area contributed by atoms with Gasteiger partial charge in [-0.15, -0.1) is 0 Å². The number of thioether (sulfide) groups is 1. The van der Waals surface area contributed by atoms with Gasteiger partial charge in [0.1, 0.15) is 11.4 Å². The molecule has 6 nitrogen and oxygen atoms in total. The van der Waals surface area contributed by atoms with Crippen molar-refractivity contribution in [2.45, 2.75) is 25.3 Å². The number of nitrogens with zero attached hydrogens (tertiary/aromatic N) is 4. The third kappa shape index (κ3) is 4.00. The number of carbonyl (C=O) groups excluding carboxylic acids is 1. The molecule has 0 saturated carbocycles. The van der Waals surface area contributed by atoms with Crippen LogP contribution in [0.5, 0.6) is 0 Å². The average molecular weight is 404 g/mol. The van der Waals surface area contributed by atoms with Gasteiger partial charge in [0, 0.05) is 5.69 Å². The highest BCUT2D eigenvalue weighted by atomic mass is 32.2. The smallest absolute Gasteiger partial charge is 0.234 e. The Morgan fingerprint density at radius 3 is 2.72 bits per heavy atom. The SMILES string of the molecule is CCc1cccc(C)c1NC(=O)CSc1ncnc2c1cnn2-c1ccccc1. The van der Waals surface area contributed by atoms with Crippen LogP contribution in [0.25, 0.3) is 16.7 Å². The number of rotatable bonds is 6. The van der Waals surface area contributed by atoms with Gasteiger partial charge in [-0.3, -0.25) is 4.79 Å². The van der Waals surface area contributed by atoms with Crippen molar-refractivity contribution in [3.8, 4) is 5.69 Å². The maximum absolute atomic E-state index is 12.6. The molecule has 7 heteroatoms. The quantitative estimate of drug-likeness (QED) is 0.381. The Labute approximate surface area is 173 Å². The first-order valence-electron chi connectivity index (χ1n) is 9.42. The summed E-state index contributed by atoms with van der Waals surface area (Å²) in [5.41, 5.74) is 4.77. The molecule has 2 aromatic heterocycles. The Hall–Kier alpha value is -3.19. The Bertz CT molecular complexity index is 1160. The highest BCUT2D eigenvalue weighted by molar-refractivity contribution is 8.00. The fourth-order valence-corrected chi connectivity index (χ4v) is 3.97. The van der Waals surface area contributed by atoms with Crippen molar-refractivity contribution in [3.05, 3.63) is 72.2 Å². The predicted octanol–water partition coefficient (Wildman–Crippen LogP) is 4.42. The summed E-state index contributed by atoms with van der Waals surface area (Å²) >= 11 is 1.39. The van der Waals surface area contributed by atoms with Crippen LogP contribution in [0.2, 0.25) is 0 Å². The summed E-state index contributed by atoms with van der Waals surface area (Å²) in [6.07, 6.45) is 4.13. The number of nitrogens with one attached hydrogen (secondary N) is 1. The fraction of sp³-hybridized carbons (Fsp3) is 0.182. The van der Waals surface area contributed by atoms with Crippen molar-refractivity contribution in [2.24, 2.45) is 0 Å². The molecule has 0 atom stereocenters. The first kappa shape index (κ1) is 19.1. The topological polar surface area (TPSA) is 72.7 Å². The first-order valence-corrected chi connectivity index (χ1v) is 10.4. The van der Waals surface area contributed by atoms with Gasteiger partial charge < -0.3 is 5.32 Å². The van der Waals surface area contributed by atoms with Gasteiger partial charge in [0.05, 0.1) is 23.0 Å². The number of para-hydroxylation sites is 2. The lowest BCUT2D eigenvalue weighted by atomic mass is 10.1. The number of hydrogen-bond acceptors (Lipinski definition) is 5. The zero-order valence-corrected chi connectivity index (χ0v) is 17.1. The molecule has 0 spiro atoms. The summed E-state index contributed by atoms with van der Waals surface area (Å²) in [5, 5.41) is 9.09. The lowest BCUT2D eigenvalue weighted by Crippen LogP contribution is -2.16. The molecule has 0 aliphatic rings. The standard InChI is InChI=1S/C22H21N5OS/c1-3-16-9-7-8-15(2)20(16)26-19(28)13-29-22-18-12-25-27(21(18)23-14-24-22)17-10-5-4-6-11-17/h4-12,14H,3,13H2,1-2H3,(H,26,28). The van der Waals surface area contributed by atoms with E-state index in [0.29, 0.717) is 0 Å². The number of anilines is 1. The van der Waals surface area contributed by atoms with Crippen LogP contribution in [0.15, 0.2) is 66.1 Å². The van der Waals surface area contributed by atoms with Gasteiger partial charge in [0.25, 0.3) is 0 Å². The maximum atomic E-state index is 12.6. The lowest BCUT2D eigenvalue weighted by Gasteiger charge is -2.12. The monoisotopic (exact) mass is 403 g/mol. The lowest BCUT2D eigenvalue weighted by molar-refractivity contribution is -0.113. The molecule has 29 heavy (non-hydrogen) atoms. The molecule has 0 fully saturated rings.